The Kier molecular flexibility index (Phi) is 4.50. The maximum Gasteiger partial charge on any atom is 0.123 e. The van der Waals surface area contributed by atoms with Crippen LogP contribution in [0.3, 0.4) is 0 Å². The van der Waals surface area contributed by atoms with Crippen LogP contribution >= 0.6 is 15.9 Å². The highest BCUT2D eigenvalue weighted by Crippen LogP contribution is 2.22. The molecule has 0 spiro atoms. The van der Waals surface area contributed by atoms with Crippen molar-refractivity contribution in [2.24, 2.45) is 0 Å². The Balaban J connectivity index is 2.17. The third kappa shape index (κ3) is 3.40. The van der Waals surface area contributed by atoms with E-state index in [-0.39, 0.29) is 18.3 Å². The maximum absolute atomic E-state index is 12.9. The first kappa shape index (κ1) is 13.2. The van der Waals surface area contributed by atoms with Gasteiger partial charge in [0.15, 0.2) is 0 Å². The summed E-state index contributed by atoms with van der Waals surface area (Å²) in [5.41, 5.74) is 2.10. The lowest BCUT2D eigenvalue weighted by Crippen LogP contribution is -2.07. The van der Waals surface area contributed by atoms with Crippen molar-refractivity contribution in [3.05, 3.63) is 69.9 Å². The van der Waals surface area contributed by atoms with Crippen LogP contribution < -0.4 is 0 Å². The van der Waals surface area contributed by atoms with Gasteiger partial charge in [0.05, 0.1) is 6.61 Å². The van der Waals surface area contributed by atoms with E-state index in [0.717, 1.165) is 22.0 Å². The molecule has 0 radical (unpaired) electrons. The summed E-state index contributed by atoms with van der Waals surface area (Å²) in [6, 6.07) is 14.3. The van der Waals surface area contributed by atoms with Gasteiger partial charge in [-0.2, -0.15) is 0 Å². The predicted octanol–water partition coefficient (Wildman–Crippen LogP) is 3.91. The number of rotatable bonds is 4. The second kappa shape index (κ2) is 6.12. The van der Waals surface area contributed by atoms with Crippen molar-refractivity contribution < 1.29 is 9.50 Å². The number of benzene rings is 2. The molecule has 1 N–H and O–H groups in total. The summed E-state index contributed by atoms with van der Waals surface area (Å²) >= 11 is 3.43. The first-order chi connectivity index (χ1) is 8.69. The highest BCUT2D eigenvalue weighted by Gasteiger charge is 2.11. The zero-order chi connectivity index (χ0) is 13.0. The van der Waals surface area contributed by atoms with Crippen molar-refractivity contribution in [2.45, 2.75) is 12.3 Å². The van der Waals surface area contributed by atoms with Gasteiger partial charge in [0, 0.05) is 10.4 Å². The monoisotopic (exact) mass is 308 g/mol. The molecule has 1 unspecified atom stereocenters. The zero-order valence-electron chi connectivity index (χ0n) is 9.81. The van der Waals surface area contributed by atoms with E-state index in [2.05, 4.69) is 15.9 Å². The van der Waals surface area contributed by atoms with Crippen LogP contribution in [0.2, 0.25) is 0 Å². The summed E-state index contributed by atoms with van der Waals surface area (Å²) in [4.78, 5) is 0. The molecule has 0 bridgehead atoms. The Morgan fingerprint density at radius 3 is 2.44 bits per heavy atom. The number of hydrogen-bond donors (Lipinski definition) is 1. The molecule has 1 atom stereocenters. The molecule has 3 heteroatoms. The summed E-state index contributed by atoms with van der Waals surface area (Å²) in [6.07, 6.45) is 0.738. The Morgan fingerprint density at radius 2 is 1.83 bits per heavy atom. The average Bonchev–Trinajstić information content (AvgIpc) is 2.37. The maximum atomic E-state index is 12.9. The van der Waals surface area contributed by atoms with Crippen molar-refractivity contribution in [2.75, 3.05) is 6.61 Å². The molecule has 0 aromatic heterocycles. The zero-order valence-corrected chi connectivity index (χ0v) is 11.4. The van der Waals surface area contributed by atoms with Crippen LogP contribution in [0.15, 0.2) is 53.0 Å². The fourth-order valence-corrected chi connectivity index (χ4v) is 2.42. The van der Waals surface area contributed by atoms with Crippen LogP contribution in [0.4, 0.5) is 4.39 Å². The molecule has 0 heterocycles. The predicted molar refractivity (Wildman–Crippen MR) is 74.1 cm³/mol. The third-order valence-corrected chi connectivity index (χ3v) is 3.43. The van der Waals surface area contributed by atoms with Gasteiger partial charge in [0.25, 0.3) is 0 Å². The van der Waals surface area contributed by atoms with Crippen LogP contribution in [-0.2, 0) is 6.42 Å². The smallest absolute Gasteiger partial charge is 0.123 e. The lowest BCUT2D eigenvalue weighted by molar-refractivity contribution is 0.264. The largest absolute Gasteiger partial charge is 0.396 e. The number of aliphatic hydroxyl groups is 1. The molecular formula is C15H14BrFO. The minimum absolute atomic E-state index is 0.0000926. The standard InChI is InChI=1S/C15H14BrFO/c16-14-3-1-2-11(9-14)8-13(10-18)12-4-6-15(17)7-5-12/h1-7,9,13,18H,8,10H2. The van der Waals surface area contributed by atoms with Crippen LogP contribution in [0.5, 0.6) is 0 Å². The fraction of sp³-hybridized carbons (Fsp3) is 0.200. The van der Waals surface area contributed by atoms with Crippen molar-refractivity contribution in [3.8, 4) is 0 Å². The minimum Gasteiger partial charge on any atom is -0.396 e. The van der Waals surface area contributed by atoms with E-state index in [1.165, 1.54) is 12.1 Å². The van der Waals surface area contributed by atoms with Gasteiger partial charge in [-0.3, -0.25) is 0 Å². The number of aliphatic hydroxyl groups excluding tert-OH is 1. The van der Waals surface area contributed by atoms with Gasteiger partial charge >= 0.3 is 0 Å². The molecule has 0 fully saturated rings. The quantitative estimate of drug-likeness (QED) is 0.908. The summed E-state index contributed by atoms with van der Waals surface area (Å²) in [6.45, 7) is 0.0537. The summed E-state index contributed by atoms with van der Waals surface area (Å²) in [7, 11) is 0. The van der Waals surface area contributed by atoms with Gasteiger partial charge in [-0.1, -0.05) is 40.2 Å². The molecule has 0 aliphatic heterocycles. The Morgan fingerprint density at radius 1 is 1.11 bits per heavy atom. The number of halogens is 2. The molecule has 0 amide bonds. The highest BCUT2D eigenvalue weighted by atomic mass is 79.9. The molecule has 94 valence electrons. The molecule has 0 aliphatic rings. The van der Waals surface area contributed by atoms with E-state index < -0.39 is 0 Å². The average molecular weight is 309 g/mol. The van der Waals surface area contributed by atoms with Crippen LogP contribution in [0, 0.1) is 5.82 Å². The molecule has 2 aromatic carbocycles. The SMILES string of the molecule is OCC(Cc1cccc(Br)c1)c1ccc(F)cc1. The van der Waals surface area contributed by atoms with Crippen LogP contribution in [0.1, 0.15) is 17.0 Å². The molecule has 2 rings (SSSR count). The Labute approximate surface area is 114 Å². The van der Waals surface area contributed by atoms with Crippen molar-refractivity contribution in [3.63, 3.8) is 0 Å². The van der Waals surface area contributed by atoms with Crippen LogP contribution in [0.25, 0.3) is 0 Å². The van der Waals surface area contributed by atoms with E-state index in [9.17, 15) is 9.50 Å². The summed E-state index contributed by atoms with van der Waals surface area (Å²) < 4.78 is 13.9. The first-order valence-electron chi connectivity index (χ1n) is 5.80. The molecule has 0 saturated carbocycles. The normalized spacial score (nSPS) is 12.4. The van der Waals surface area contributed by atoms with E-state index >= 15 is 0 Å². The topological polar surface area (TPSA) is 20.2 Å². The lowest BCUT2D eigenvalue weighted by atomic mass is 9.93. The number of hydrogen-bond acceptors (Lipinski definition) is 1. The van der Waals surface area contributed by atoms with E-state index in [1.807, 2.05) is 24.3 Å². The molecule has 0 aliphatic carbocycles. The minimum atomic E-state index is -0.252. The second-order valence-corrected chi connectivity index (χ2v) is 5.18. The van der Waals surface area contributed by atoms with Crippen molar-refractivity contribution in [1.82, 2.24) is 0 Å². The van der Waals surface area contributed by atoms with Gasteiger partial charge in [0.2, 0.25) is 0 Å². The van der Waals surface area contributed by atoms with E-state index in [0.29, 0.717) is 0 Å². The van der Waals surface area contributed by atoms with Crippen LogP contribution in [-0.4, -0.2) is 11.7 Å². The fourth-order valence-electron chi connectivity index (χ4n) is 1.97. The highest BCUT2D eigenvalue weighted by molar-refractivity contribution is 9.10. The molecule has 18 heavy (non-hydrogen) atoms. The van der Waals surface area contributed by atoms with Gasteiger partial charge in [0.1, 0.15) is 5.82 Å². The Bertz CT molecular complexity index is 510. The summed E-state index contributed by atoms with van der Waals surface area (Å²) in [5.74, 6) is -0.252. The molecular weight excluding hydrogens is 295 g/mol. The van der Waals surface area contributed by atoms with E-state index in [4.69, 9.17) is 0 Å². The van der Waals surface area contributed by atoms with Gasteiger partial charge < -0.3 is 5.11 Å². The third-order valence-electron chi connectivity index (χ3n) is 2.93. The van der Waals surface area contributed by atoms with Gasteiger partial charge in [-0.05, 0) is 41.8 Å². The first-order valence-corrected chi connectivity index (χ1v) is 6.59. The van der Waals surface area contributed by atoms with Crippen molar-refractivity contribution >= 4 is 15.9 Å². The second-order valence-electron chi connectivity index (χ2n) is 4.27. The molecule has 2 aromatic rings. The lowest BCUT2D eigenvalue weighted by Gasteiger charge is -2.15. The van der Waals surface area contributed by atoms with E-state index in [1.54, 1.807) is 12.1 Å². The molecule has 0 saturated heterocycles. The molecule has 1 nitrogen and oxygen atoms in total. The van der Waals surface area contributed by atoms with Gasteiger partial charge in [-0.15, -0.1) is 0 Å². The summed E-state index contributed by atoms with van der Waals surface area (Å²) in [5, 5.41) is 9.47. The van der Waals surface area contributed by atoms with Crippen molar-refractivity contribution in [1.29, 1.82) is 0 Å². The Hall–Kier alpha value is -1.19. The van der Waals surface area contributed by atoms with Gasteiger partial charge in [-0.25, -0.2) is 4.39 Å².